The van der Waals surface area contributed by atoms with Crippen LogP contribution < -0.4 is 20.4 Å². The number of para-hydroxylation sites is 4. The summed E-state index contributed by atoms with van der Waals surface area (Å²) >= 11 is 6.59. The lowest BCUT2D eigenvalue weighted by Crippen LogP contribution is -2.58. The number of hydrogen-bond acceptors (Lipinski definition) is 4. The molecule has 7 rings (SSSR count). The second kappa shape index (κ2) is 6.68. The first-order valence-corrected chi connectivity index (χ1v) is 11.3. The number of nitrogens with zero attached hydrogens (tertiary/aromatic N) is 2. The molecular formula is C27H21ClN4. The quantitative estimate of drug-likeness (QED) is 0.357. The van der Waals surface area contributed by atoms with E-state index in [2.05, 4.69) is 93.2 Å². The lowest BCUT2D eigenvalue weighted by Gasteiger charge is -2.60. The number of nitrogens with one attached hydrogen (secondary N) is 2. The molecule has 156 valence electrons. The van der Waals surface area contributed by atoms with Crippen LogP contribution in [0.25, 0.3) is 0 Å². The maximum absolute atomic E-state index is 6.59. The van der Waals surface area contributed by atoms with Gasteiger partial charge in [0.2, 0.25) is 0 Å². The zero-order valence-electron chi connectivity index (χ0n) is 17.2. The first-order valence-electron chi connectivity index (χ1n) is 10.9. The van der Waals surface area contributed by atoms with Crippen LogP contribution in [0.2, 0.25) is 5.02 Å². The molecule has 0 spiro atoms. The summed E-state index contributed by atoms with van der Waals surface area (Å²) in [4.78, 5) is 5.03. The summed E-state index contributed by atoms with van der Waals surface area (Å²) in [6, 6.07) is 34.0. The van der Waals surface area contributed by atoms with E-state index in [1.54, 1.807) is 0 Å². The zero-order valence-corrected chi connectivity index (χ0v) is 18.0. The fourth-order valence-electron chi connectivity index (χ4n) is 5.49. The smallest absolute Gasteiger partial charge is 0.134 e. The molecule has 3 aliphatic rings. The van der Waals surface area contributed by atoms with Crippen molar-refractivity contribution in [1.82, 2.24) is 0 Å². The average molecular weight is 437 g/mol. The Morgan fingerprint density at radius 3 is 2.09 bits per heavy atom. The van der Waals surface area contributed by atoms with Crippen LogP contribution in [0.1, 0.15) is 35.2 Å². The molecule has 1 unspecified atom stereocenters. The molecule has 0 saturated heterocycles. The molecule has 4 bridgehead atoms. The number of benzene rings is 4. The fraction of sp³-hybridized carbons (Fsp3) is 0.111. The van der Waals surface area contributed by atoms with Gasteiger partial charge in [-0.25, -0.2) is 0 Å². The van der Waals surface area contributed by atoms with E-state index in [4.69, 9.17) is 11.6 Å². The van der Waals surface area contributed by atoms with Crippen LogP contribution in [0.3, 0.4) is 0 Å². The number of rotatable bonds is 2. The highest BCUT2D eigenvalue weighted by Gasteiger charge is 2.50. The van der Waals surface area contributed by atoms with Gasteiger partial charge in [0.1, 0.15) is 18.5 Å². The van der Waals surface area contributed by atoms with E-state index < -0.39 is 0 Å². The van der Waals surface area contributed by atoms with Gasteiger partial charge in [-0.15, -0.1) is 0 Å². The second-order valence-corrected chi connectivity index (χ2v) is 8.87. The SMILES string of the molecule is Clc1ccccc1N[C@@H]1c2ccccc2N2C3c4ccccc4N[C@H]2c2ccccc2N31. The topological polar surface area (TPSA) is 30.5 Å². The van der Waals surface area contributed by atoms with Gasteiger partial charge in [0.25, 0.3) is 0 Å². The van der Waals surface area contributed by atoms with Crippen molar-refractivity contribution in [3.8, 4) is 0 Å². The van der Waals surface area contributed by atoms with Crippen LogP contribution >= 0.6 is 11.6 Å². The molecule has 4 nitrogen and oxygen atoms in total. The molecule has 0 saturated carbocycles. The zero-order chi connectivity index (χ0) is 21.2. The predicted octanol–water partition coefficient (Wildman–Crippen LogP) is 6.91. The Morgan fingerprint density at radius 1 is 0.656 bits per heavy atom. The molecule has 5 heteroatoms. The third-order valence-corrected chi connectivity index (χ3v) is 7.13. The molecule has 0 radical (unpaired) electrons. The first-order chi connectivity index (χ1) is 15.8. The van der Waals surface area contributed by atoms with Gasteiger partial charge in [-0.05, 0) is 30.3 Å². The van der Waals surface area contributed by atoms with Crippen LogP contribution in [0.15, 0.2) is 97.1 Å². The van der Waals surface area contributed by atoms with E-state index in [1.807, 2.05) is 24.3 Å². The van der Waals surface area contributed by atoms with E-state index >= 15 is 0 Å². The summed E-state index contributed by atoms with van der Waals surface area (Å²) in [5.74, 6) is 0. The highest BCUT2D eigenvalue weighted by molar-refractivity contribution is 6.33. The predicted molar refractivity (Wildman–Crippen MR) is 131 cm³/mol. The molecule has 2 N–H and O–H groups in total. The molecule has 0 aliphatic carbocycles. The highest BCUT2D eigenvalue weighted by Crippen LogP contribution is 2.58. The highest BCUT2D eigenvalue weighted by atomic mass is 35.5. The molecule has 0 fully saturated rings. The molecule has 32 heavy (non-hydrogen) atoms. The van der Waals surface area contributed by atoms with Crippen LogP contribution in [-0.4, -0.2) is 0 Å². The van der Waals surface area contributed by atoms with Crippen LogP contribution in [-0.2, 0) is 0 Å². The Balaban J connectivity index is 1.51. The van der Waals surface area contributed by atoms with Crippen molar-refractivity contribution in [3.63, 3.8) is 0 Å². The van der Waals surface area contributed by atoms with E-state index in [0.29, 0.717) is 0 Å². The van der Waals surface area contributed by atoms with Crippen molar-refractivity contribution in [2.24, 2.45) is 0 Å². The standard InChI is InChI=1S/C27H21ClN4/c28-20-12-4-6-14-22(20)30-26-19-11-3-8-16-24(19)31-25-18-10-2-7-15-23(18)32(26)27(31)17-9-1-5-13-21(17)29-25/h1-16,25-27,29-30H/t25-,26+,27?/m1/s1. The van der Waals surface area contributed by atoms with Crippen LogP contribution in [0.4, 0.5) is 22.7 Å². The summed E-state index contributed by atoms with van der Waals surface area (Å²) in [7, 11) is 0. The normalized spacial score (nSPS) is 21.7. The minimum absolute atomic E-state index is 0.0689. The largest absolute Gasteiger partial charge is 0.361 e. The van der Waals surface area contributed by atoms with Crippen LogP contribution in [0, 0.1) is 0 Å². The third kappa shape index (κ3) is 2.38. The molecule has 4 aromatic rings. The van der Waals surface area contributed by atoms with Crippen molar-refractivity contribution in [2.45, 2.75) is 18.5 Å². The van der Waals surface area contributed by atoms with Crippen molar-refractivity contribution >= 4 is 34.4 Å². The van der Waals surface area contributed by atoms with Gasteiger partial charge in [-0.3, -0.25) is 0 Å². The second-order valence-electron chi connectivity index (χ2n) is 8.47. The third-order valence-electron chi connectivity index (χ3n) is 6.80. The molecule has 3 heterocycles. The van der Waals surface area contributed by atoms with Gasteiger partial charge in [0, 0.05) is 33.8 Å². The van der Waals surface area contributed by atoms with Gasteiger partial charge in [-0.2, -0.15) is 0 Å². The van der Waals surface area contributed by atoms with E-state index in [-0.39, 0.29) is 18.5 Å². The lowest BCUT2D eigenvalue weighted by atomic mass is 9.88. The molecule has 3 atom stereocenters. The van der Waals surface area contributed by atoms with Crippen LogP contribution in [0.5, 0.6) is 0 Å². The minimum Gasteiger partial charge on any atom is -0.361 e. The molecule has 0 amide bonds. The van der Waals surface area contributed by atoms with Gasteiger partial charge >= 0.3 is 0 Å². The van der Waals surface area contributed by atoms with Gasteiger partial charge in [-0.1, -0.05) is 78.3 Å². The monoisotopic (exact) mass is 436 g/mol. The number of halogens is 1. The Morgan fingerprint density at radius 2 is 1.28 bits per heavy atom. The first kappa shape index (κ1) is 18.0. The Hall–Kier alpha value is -3.63. The lowest BCUT2D eigenvalue weighted by molar-refractivity contribution is 0.432. The van der Waals surface area contributed by atoms with E-state index in [1.165, 1.54) is 33.8 Å². The summed E-state index contributed by atoms with van der Waals surface area (Å²) in [6.07, 6.45) is 0.0765. The average Bonchev–Trinajstić information content (AvgIpc) is 2.84. The molecular weight excluding hydrogens is 416 g/mol. The Labute approximate surface area is 192 Å². The summed E-state index contributed by atoms with van der Waals surface area (Å²) < 4.78 is 0. The van der Waals surface area contributed by atoms with Crippen molar-refractivity contribution in [3.05, 3.63) is 119 Å². The Bertz CT molecular complexity index is 1350. The molecule has 0 aromatic heterocycles. The fourth-order valence-corrected chi connectivity index (χ4v) is 5.68. The minimum atomic E-state index is -0.0689. The van der Waals surface area contributed by atoms with E-state index in [0.717, 1.165) is 10.7 Å². The number of anilines is 4. The van der Waals surface area contributed by atoms with Gasteiger partial charge in [0.15, 0.2) is 0 Å². The number of hydrogen-bond donors (Lipinski definition) is 2. The van der Waals surface area contributed by atoms with Gasteiger partial charge in [0.05, 0.1) is 10.7 Å². The van der Waals surface area contributed by atoms with Crippen molar-refractivity contribution in [2.75, 3.05) is 20.4 Å². The molecule has 3 aliphatic heterocycles. The summed E-state index contributed by atoms with van der Waals surface area (Å²) in [5, 5.41) is 8.32. The van der Waals surface area contributed by atoms with Gasteiger partial charge < -0.3 is 20.4 Å². The maximum Gasteiger partial charge on any atom is 0.134 e. The molecule has 4 aromatic carbocycles. The maximum atomic E-state index is 6.59. The van der Waals surface area contributed by atoms with Crippen molar-refractivity contribution < 1.29 is 0 Å². The summed E-state index contributed by atoms with van der Waals surface area (Å²) in [5.41, 5.74) is 8.39. The number of fused-ring (bicyclic) bond motifs is 5. The van der Waals surface area contributed by atoms with Crippen molar-refractivity contribution in [1.29, 1.82) is 0 Å². The summed E-state index contributed by atoms with van der Waals surface area (Å²) in [6.45, 7) is 0. The van der Waals surface area contributed by atoms with E-state index in [9.17, 15) is 0 Å². The Kier molecular flexibility index (Phi) is 3.76.